The Hall–Kier alpha value is -1.11. The third-order valence-electron chi connectivity index (χ3n) is 4.54. The molecule has 2 aliphatic heterocycles. The summed E-state index contributed by atoms with van der Waals surface area (Å²) in [6.07, 6.45) is 2.19. The first-order valence-electron chi connectivity index (χ1n) is 7.53. The van der Waals surface area contributed by atoms with Crippen molar-refractivity contribution in [1.29, 1.82) is 0 Å². The van der Waals surface area contributed by atoms with Crippen LogP contribution in [0, 0.1) is 5.92 Å². The summed E-state index contributed by atoms with van der Waals surface area (Å²) in [6.45, 7) is 3.51. The Kier molecular flexibility index (Phi) is 3.94. The molecule has 0 spiro atoms. The van der Waals surface area contributed by atoms with Gasteiger partial charge in [0.25, 0.3) is 0 Å². The van der Waals surface area contributed by atoms with E-state index >= 15 is 0 Å². The number of aryl methyl sites for hydroxylation is 1. The van der Waals surface area contributed by atoms with Gasteiger partial charge in [0.1, 0.15) is 0 Å². The number of nitrogens with one attached hydrogen (secondary N) is 1. The molecule has 1 fully saturated rings. The van der Waals surface area contributed by atoms with E-state index in [1.54, 1.807) is 12.1 Å². The van der Waals surface area contributed by atoms with Crippen LogP contribution in [0.4, 0.5) is 5.69 Å². The second-order valence-electron chi connectivity index (χ2n) is 6.05. The van der Waals surface area contributed by atoms with Gasteiger partial charge in [-0.25, -0.2) is 8.42 Å². The van der Waals surface area contributed by atoms with E-state index in [1.807, 2.05) is 13.0 Å². The van der Waals surface area contributed by atoms with E-state index in [-0.39, 0.29) is 12.5 Å². The first kappa shape index (κ1) is 14.8. The number of anilines is 1. The molecule has 2 unspecified atom stereocenters. The molecule has 1 aromatic rings. The number of sulfonamides is 1. The number of benzene rings is 1. The normalized spacial score (nSPS) is 27.0. The minimum Gasteiger partial charge on any atom is -0.391 e. The monoisotopic (exact) mass is 310 g/mol. The molecule has 21 heavy (non-hydrogen) atoms. The molecule has 2 aliphatic rings. The van der Waals surface area contributed by atoms with Crippen molar-refractivity contribution in [2.75, 3.05) is 25.0 Å². The third kappa shape index (κ3) is 2.80. The van der Waals surface area contributed by atoms with Crippen molar-refractivity contribution in [3.63, 3.8) is 0 Å². The molecule has 2 N–H and O–H groups in total. The van der Waals surface area contributed by atoms with Gasteiger partial charge in [-0.2, -0.15) is 4.31 Å². The predicted molar refractivity (Wildman–Crippen MR) is 81.8 cm³/mol. The highest BCUT2D eigenvalue weighted by molar-refractivity contribution is 7.89. The van der Waals surface area contributed by atoms with Crippen LogP contribution in [0.3, 0.4) is 0 Å². The Morgan fingerprint density at radius 1 is 1.38 bits per heavy atom. The average molecular weight is 310 g/mol. The van der Waals surface area contributed by atoms with E-state index in [0.717, 1.165) is 25.1 Å². The van der Waals surface area contributed by atoms with Crippen LogP contribution in [0.1, 0.15) is 25.3 Å². The maximum atomic E-state index is 12.7. The van der Waals surface area contributed by atoms with Crippen molar-refractivity contribution in [2.45, 2.75) is 37.2 Å². The molecule has 3 rings (SSSR count). The molecule has 0 saturated carbocycles. The lowest BCUT2D eigenvalue weighted by Crippen LogP contribution is -2.45. The minimum absolute atomic E-state index is 0.154. The summed E-state index contributed by atoms with van der Waals surface area (Å²) in [6, 6.07) is 5.32. The number of piperidine rings is 1. The molecule has 116 valence electrons. The molecular weight excluding hydrogens is 288 g/mol. The van der Waals surface area contributed by atoms with Crippen molar-refractivity contribution in [1.82, 2.24) is 4.31 Å². The predicted octanol–water partition coefficient (Wildman–Crippen LogP) is 1.44. The molecule has 1 saturated heterocycles. The van der Waals surface area contributed by atoms with Crippen molar-refractivity contribution in [3.05, 3.63) is 23.8 Å². The average Bonchev–Trinajstić information content (AvgIpc) is 2.49. The lowest BCUT2D eigenvalue weighted by atomic mass is 9.98. The number of fused-ring (bicyclic) bond motifs is 1. The van der Waals surface area contributed by atoms with Crippen LogP contribution < -0.4 is 5.32 Å². The Labute approximate surface area is 126 Å². The van der Waals surface area contributed by atoms with Gasteiger partial charge in [-0.05, 0) is 42.9 Å². The lowest BCUT2D eigenvalue weighted by Gasteiger charge is -2.33. The first-order valence-corrected chi connectivity index (χ1v) is 8.97. The molecule has 2 heterocycles. The van der Waals surface area contributed by atoms with Crippen molar-refractivity contribution < 1.29 is 13.5 Å². The fraction of sp³-hybridized carbons (Fsp3) is 0.600. The van der Waals surface area contributed by atoms with Gasteiger partial charge in [0.2, 0.25) is 10.0 Å². The topological polar surface area (TPSA) is 69.6 Å². The SMILES string of the molecule is CC1CCN(S(=O)(=O)c2ccc3c(c2)NCCC3)CC1O. The van der Waals surface area contributed by atoms with Crippen LogP contribution in [0.15, 0.2) is 23.1 Å². The van der Waals surface area contributed by atoms with Gasteiger partial charge < -0.3 is 10.4 Å². The minimum atomic E-state index is -3.52. The Morgan fingerprint density at radius 3 is 2.95 bits per heavy atom. The molecule has 0 amide bonds. The first-order chi connectivity index (χ1) is 9.98. The second kappa shape index (κ2) is 5.59. The molecular formula is C15H22N2O3S. The van der Waals surface area contributed by atoms with Crippen LogP contribution in [0.2, 0.25) is 0 Å². The van der Waals surface area contributed by atoms with Crippen LogP contribution in [-0.2, 0) is 16.4 Å². The van der Waals surface area contributed by atoms with E-state index in [9.17, 15) is 13.5 Å². The van der Waals surface area contributed by atoms with Crippen molar-refractivity contribution >= 4 is 15.7 Å². The fourth-order valence-corrected chi connectivity index (χ4v) is 4.49. The lowest BCUT2D eigenvalue weighted by molar-refractivity contribution is 0.0605. The summed E-state index contributed by atoms with van der Waals surface area (Å²) in [5.74, 6) is 0.154. The van der Waals surface area contributed by atoms with Crippen molar-refractivity contribution in [3.8, 4) is 0 Å². The van der Waals surface area contributed by atoms with E-state index in [2.05, 4.69) is 5.32 Å². The zero-order valence-corrected chi connectivity index (χ0v) is 13.1. The zero-order valence-electron chi connectivity index (χ0n) is 12.2. The molecule has 5 nitrogen and oxygen atoms in total. The molecule has 0 aliphatic carbocycles. The van der Waals surface area contributed by atoms with Crippen molar-refractivity contribution in [2.24, 2.45) is 5.92 Å². The van der Waals surface area contributed by atoms with E-state index in [4.69, 9.17) is 0 Å². The van der Waals surface area contributed by atoms with Gasteiger partial charge in [0.15, 0.2) is 0 Å². The summed E-state index contributed by atoms with van der Waals surface area (Å²) >= 11 is 0. The van der Waals surface area contributed by atoms with Gasteiger partial charge in [-0.1, -0.05) is 13.0 Å². The zero-order chi connectivity index (χ0) is 15.0. The largest absolute Gasteiger partial charge is 0.391 e. The number of aliphatic hydroxyl groups excluding tert-OH is 1. The van der Waals surface area contributed by atoms with E-state index in [1.165, 1.54) is 9.87 Å². The Balaban J connectivity index is 1.88. The maximum Gasteiger partial charge on any atom is 0.243 e. The molecule has 2 atom stereocenters. The van der Waals surface area contributed by atoms with Gasteiger partial charge in [0, 0.05) is 25.3 Å². The molecule has 0 radical (unpaired) electrons. The standard InChI is InChI=1S/C15H22N2O3S/c1-11-6-8-17(10-15(11)18)21(19,20)13-5-4-12-3-2-7-16-14(12)9-13/h4-5,9,11,15-16,18H,2-3,6-8,10H2,1H3. The van der Waals surface area contributed by atoms with Crippen LogP contribution in [-0.4, -0.2) is 43.6 Å². The van der Waals surface area contributed by atoms with Crippen LogP contribution in [0.25, 0.3) is 0 Å². The smallest absolute Gasteiger partial charge is 0.243 e. The van der Waals surface area contributed by atoms with Gasteiger partial charge in [-0.15, -0.1) is 0 Å². The molecule has 1 aromatic carbocycles. The Morgan fingerprint density at radius 2 is 2.19 bits per heavy atom. The van der Waals surface area contributed by atoms with E-state index < -0.39 is 16.1 Å². The number of hydrogen-bond donors (Lipinski definition) is 2. The molecule has 6 heteroatoms. The number of hydrogen-bond acceptors (Lipinski definition) is 4. The van der Waals surface area contributed by atoms with Gasteiger partial charge in [0.05, 0.1) is 11.0 Å². The maximum absolute atomic E-state index is 12.7. The van der Waals surface area contributed by atoms with Gasteiger partial charge >= 0.3 is 0 Å². The number of nitrogens with zero attached hydrogens (tertiary/aromatic N) is 1. The van der Waals surface area contributed by atoms with Crippen LogP contribution in [0.5, 0.6) is 0 Å². The summed E-state index contributed by atoms with van der Waals surface area (Å²) in [5, 5.41) is 13.2. The summed E-state index contributed by atoms with van der Waals surface area (Å²) in [5.41, 5.74) is 2.10. The highest BCUT2D eigenvalue weighted by atomic mass is 32.2. The quantitative estimate of drug-likeness (QED) is 0.867. The fourth-order valence-electron chi connectivity index (χ4n) is 2.99. The molecule has 0 bridgehead atoms. The van der Waals surface area contributed by atoms with E-state index in [0.29, 0.717) is 17.9 Å². The van der Waals surface area contributed by atoms with Gasteiger partial charge in [-0.3, -0.25) is 0 Å². The number of rotatable bonds is 2. The van der Waals surface area contributed by atoms with Crippen LogP contribution >= 0.6 is 0 Å². The highest BCUT2D eigenvalue weighted by Gasteiger charge is 2.33. The summed E-state index contributed by atoms with van der Waals surface area (Å²) < 4.78 is 26.8. The molecule has 0 aromatic heterocycles. The number of β-amino-alcohol motifs (C(OH)–C–C–N with tert-alkyl or cyclic N) is 1. The second-order valence-corrected chi connectivity index (χ2v) is 7.98. The highest BCUT2D eigenvalue weighted by Crippen LogP contribution is 2.28. The summed E-state index contributed by atoms with van der Waals surface area (Å²) in [7, 11) is -3.52. The summed E-state index contributed by atoms with van der Waals surface area (Å²) in [4.78, 5) is 0.317. The number of aliphatic hydroxyl groups is 1. The third-order valence-corrected chi connectivity index (χ3v) is 6.40. The Bertz CT molecular complexity index is 630.